The van der Waals surface area contributed by atoms with E-state index in [1.165, 1.54) is 0 Å². The molecule has 1 atom stereocenters. The molecule has 0 saturated heterocycles. The van der Waals surface area contributed by atoms with Crippen molar-refractivity contribution in [2.24, 2.45) is 5.92 Å². The first-order chi connectivity index (χ1) is 8.63. The molecule has 2 amide bonds. The third kappa shape index (κ3) is 5.35. The van der Waals surface area contributed by atoms with Gasteiger partial charge in [-0.1, -0.05) is 25.7 Å². The van der Waals surface area contributed by atoms with Gasteiger partial charge in [-0.25, -0.2) is 4.79 Å². The van der Waals surface area contributed by atoms with Crippen molar-refractivity contribution in [3.8, 4) is 0 Å². The zero-order valence-corrected chi connectivity index (χ0v) is 10.5. The maximum absolute atomic E-state index is 11.8. The summed E-state index contributed by atoms with van der Waals surface area (Å²) in [6.45, 7) is 0.387. The normalized spacial score (nSPS) is 17.4. The van der Waals surface area contributed by atoms with Crippen LogP contribution in [-0.4, -0.2) is 41.4 Å². The van der Waals surface area contributed by atoms with E-state index in [4.69, 9.17) is 10.2 Å². The van der Waals surface area contributed by atoms with E-state index < -0.39 is 12.1 Å². The molecule has 0 bridgehead atoms. The van der Waals surface area contributed by atoms with Crippen LogP contribution in [0.5, 0.6) is 0 Å². The molecule has 0 aliphatic heterocycles. The predicted molar refractivity (Wildman–Crippen MR) is 66.2 cm³/mol. The zero-order valence-electron chi connectivity index (χ0n) is 10.5. The minimum atomic E-state index is -1.17. The predicted octanol–water partition coefficient (Wildman–Crippen LogP) is 0.701. The lowest BCUT2D eigenvalue weighted by atomic mass is 9.98. The third-order valence-corrected chi connectivity index (χ3v) is 3.29. The molecular weight excluding hydrogens is 236 g/mol. The summed E-state index contributed by atoms with van der Waals surface area (Å²) >= 11 is 0. The molecule has 0 aromatic carbocycles. The van der Waals surface area contributed by atoms with Gasteiger partial charge in [0, 0.05) is 13.2 Å². The Morgan fingerprint density at radius 1 is 1.28 bits per heavy atom. The van der Waals surface area contributed by atoms with E-state index >= 15 is 0 Å². The second-order valence-electron chi connectivity index (χ2n) is 4.76. The Hall–Kier alpha value is -1.30. The fourth-order valence-corrected chi connectivity index (χ4v) is 2.37. The lowest BCUT2D eigenvalue weighted by Gasteiger charge is -2.19. The van der Waals surface area contributed by atoms with Crippen molar-refractivity contribution in [1.82, 2.24) is 10.6 Å². The van der Waals surface area contributed by atoms with E-state index in [0.717, 1.165) is 25.7 Å². The number of hydrogen-bond acceptors (Lipinski definition) is 3. The molecule has 1 aliphatic carbocycles. The highest BCUT2D eigenvalue weighted by Crippen LogP contribution is 2.28. The van der Waals surface area contributed by atoms with Crippen LogP contribution >= 0.6 is 0 Å². The van der Waals surface area contributed by atoms with Crippen LogP contribution < -0.4 is 10.6 Å². The summed E-state index contributed by atoms with van der Waals surface area (Å²) in [6.07, 6.45) is 4.35. The molecule has 4 N–H and O–H groups in total. The van der Waals surface area contributed by atoms with E-state index in [-0.39, 0.29) is 12.5 Å². The van der Waals surface area contributed by atoms with Crippen molar-refractivity contribution in [2.75, 3.05) is 13.2 Å². The Bertz CT molecular complexity index is 277. The fraction of sp³-hybridized carbons (Fsp3) is 0.833. The molecule has 1 rings (SSSR count). The number of amides is 2. The van der Waals surface area contributed by atoms with Crippen molar-refractivity contribution >= 4 is 12.0 Å². The van der Waals surface area contributed by atoms with Gasteiger partial charge >= 0.3 is 6.09 Å². The number of aliphatic hydroxyl groups excluding tert-OH is 1. The first-order valence-electron chi connectivity index (χ1n) is 6.51. The first-order valence-corrected chi connectivity index (χ1v) is 6.51. The summed E-state index contributed by atoms with van der Waals surface area (Å²) in [5.74, 6) is 0.142. The van der Waals surface area contributed by atoms with E-state index in [0.29, 0.717) is 25.3 Å². The van der Waals surface area contributed by atoms with E-state index in [1.807, 2.05) is 0 Å². The molecule has 0 spiro atoms. The number of rotatable bonds is 7. The summed E-state index contributed by atoms with van der Waals surface area (Å²) < 4.78 is 0. The zero-order chi connectivity index (χ0) is 13.4. The van der Waals surface area contributed by atoms with Crippen molar-refractivity contribution in [3.05, 3.63) is 0 Å². The Balaban J connectivity index is 2.42. The van der Waals surface area contributed by atoms with Crippen LogP contribution in [0.1, 0.15) is 38.5 Å². The monoisotopic (exact) mass is 258 g/mol. The van der Waals surface area contributed by atoms with Crippen LogP contribution in [0.4, 0.5) is 4.79 Å². The van der Waals surface area contributed by atoms with Gasteiger partial charge in [0.15, 0.2) is 0 Å². The maximum Gasteiger partial charge on any atom is 0.405 e. The van der Waals surface area contributed by atoms with Gasteiger partial charge in [0.25, 0.3) is 0 Å². The molecule has 18 heavy (non-hydrogen) atoms. The van der Waals surface area contributed by atoms with Crippen LogP contribution in [0, 0.1) is 5.92 Å². The van der Waals surface area contributed by atoms with E-state index in [2.05, 4.69) is 10.6 Å². The van der Waals surface area contributed by atoms with E-state index in [9.17, 15) is 9.59 Å². The van der Waals surface area contributed by atoms with Gasteiger partial charge in [-0.2, -0.15) is 0 Å². The van der Waals surface area contributed by atoms with Crippen molar-refractivity contribution in [1.29, 1.82) is 0 Å². The Morgan fingerprint density at radius 3 is 2.50 bits per heavy atom. The highest BCUT2D eigenvalue weighted by Gasteiger charge is 2.26. The fourth-order valence-electron chi connectivity index (χ4n) is 2.37. The molecule has 0 aromatic heterocycles. The molecule has 0 aromatic rings. The van der Waals surface area contributed by atoms with Crippen molar-refractivity contribution in [2.45, 2.75) is 44.6 Å². The average molecular weight is 258 g/mol. The van der Waals surface area contributed by atoms with Crippen LogP contribution in [-0.2, 0) is 4.79 Å². The third-order valence-electron chi connectivity index (χ3n) is 3.29. The molecule has 0 heterocycles. The number of carboxylic acid groups (broad SMARTS) is 1. The number of aliphatic hydroxyl groups is 1. The van der Waals surface area contributed by atoms with Crippen LogP contribution in [0.25, 0.3) is 0 Å². The number of nitrogens with one attached hydrogen (secondary N) is 2. The summed E-state index contributed by atoms with van der Waals surface area (Å²) in [4.78, 5) is 22.5. The van der Waals surface area contributed by atoms with Crippen molar-refractivity contribution < 1.29 is 19.8 Å². The maximum atomic E-state index is 11.8. The van der Waals surface area contributed by atoms with E-state index in [1.54, 1.807) is 0 Å². The molecule has 1 saturated carbocycles. The molecule has 0 radical (unpaired) electrons. The standard InChI is InChI=1S/C12H22N2O4/c15-7-3-6-13-11(16)10(14-12(17)18)8-9-4-1-2-5-9/h9-10,14-15H,1-8H2,(H,13,16)(H,17,18). The van der Waals surface area contributed by atoms with Gasteiger partial charge in [0.2, 0.25) is 5.91 Å². The first kappa shape index (κ1) is 14.8. The van der Waals surface area contributed by atoms with Gasteiger partial charge in [-0.05, 0) is 18.8 Å². The lowest BCUT2D eigenvalue weighted by Crippen LogP contribution is -2.47. The lowest BCUT2D eigenvalue weighted by molar-refractivity contribution is -0.123. The number of hydrogen-bond donors (Lipinski definition) is 4. The van der Waals surface area contributed by atoms with Crippen molar-refractivity contribution in [3.63, 3.8) is 0 Å². The summed E-state index contributed by atoms with van der Waals surface area (Å²) in [5.41, 5.74) is 0. The van der Waals surface area contributed by atoms with Gasteiger partial charge in [0.05, 0.1) is 0 Å². The van der Waals surface area contributed by atoms with Crippen LogP contribution in [0.2, 0.25) is 0 Å². The summed E-state index contributed by atoms with van der Waals surface area (Å²) in [7, 11) is 0. The summed E-state index contributed by atoms with van der Waals surface area (Å²) in [6, 6.07) is -0.677. The van der Waals surface area contributed by atoms with Gasteiger partial charge in [-0.15, -0.1) is 0 Å². The Labute approximate surface area is 107 Å². The highest BCUT2D eigenvalue weighted by molar-refractivity contribution is 5.85. The van der Waals surface area contributed by atoms with Gasteiger partial charge < -0.3 is 20.8 Å². The van der Waals surface area contributed by atoms with Gasteiger partial charge in [-0.3, -0.25) is 4.79 Å². The number of carbonyl (C=O) groups excluding carboxylic acids is 1. The Morgan fingerprint density at radius 2 is 1.94 bits per heavy atom. The second kappa shape index (κ2) is 7.92. The summed E-state index contributed by atoms with van der Waals surface area (Å²) in [5, 5.41) is 22.3. The van der Waals surface area contributed by atoms with Gasteiger partial charge in [0.1, 0.15) is 6.04 Å². The Kier molecular flexibility index (Phi) is 6.49. The molecule has 1 fully saturated rings. The van der Waals surface area contributed by atoms with Crippen LogP contribution in [0.15, 0.2) is 0 Å². The molecule has 6 heteroatoms. The van der Waals surface area contributed by atoms with Crippen LogP contribution in [0.3, 0.4) is 0 Å². The minimum Gasteiger partial charge on any atom is -0.465 e. The average Bonchev–Trinajstić information content (AvgIpc) is 2.80. The SMILES string of the molecule is O=C(O)NC(CC1CCCC1)C(=O)NCCCO. The molecule has 1 unspecified atom stereocenters. The highest BCUT2D eigenvalue weighted by atomic mass is 16.4. The molecule has 104 valence electrons. The minimum absolute atomic E-state index is 0.0138. The molecular formula is C12H22N2O4. The largest absolute Gasteiger partial charge is 0.465 e. The quantitative estimate of drug-likeness (QED) is 0.505. The topological polar surface area (TPSA) is 98.7 Å². The number of carbonyl (C=O) groups is 2. The second-order valence-corrected chi connectivity index (χ2v) is 4.76. The smallest absolute Gasteiger partial charge is 0.405 e. The molecule has 6 nitrogen and oxygen atoms in total. The molecule has 1 aliphatic rings.